The van der Waals surface area contributed by atoms with Crippen LogP contribution in [0, 0.1) is 5.92 Å². The lowest BCUT2D eigenvalue weighted by atomic mass is 9.96. The molecule has 1 aliphatic carbocycles. The summed E-state index contributed by atoms with van der Waals surface area (Å²) in [5.41, 5.74) is 1.81. The number of sulfone groups is 1. The van der Waals surface area contributed by atoms with Gasteiger partial charge < -0.3 is 0 Å². The molecule has 1 heterocycles. The number of alkyl halides is 3. The van der Waals surface area contributed by atoms with Gasteiger partial charge in [-0.1, -0.05) is 6.07 Å². The Bertz CT molecular complexity index is 889. The molecule has 0 radical (unpaired) electrons. The molecule has 2 aliphatic rings. The fourth-order valence-corrected chi connectivity index (χ4v) is 4.27. The molecule has 5 nitrogen and oxygen atoms in total. The molecule has 1 saturated carbocycles. The lowest BCUT2D eigenvalue weighted by Crippen LogP contribution is -2.17. The standard InChI is InChI=1S/C16H16F3NO4S2/c1-25-15-12(13(21)8-3-4-8)14(24-20-15)10-6-5-9(16(17,18)19)7-11(10)26(2,22)23/h5-8,14,20H,3-4H2,1-2H3. The summed E-state index contributed by atoms with van der Waals surface area (Å²) in [7, 11) is -3.98. The second-order valence-corrected chi connectivity index (χ2v) is 9.01. The van der Waals surface area contributed by atoms with E-state index >= 15 is 0 Å². The monoisotopic (exact) mass is 407 g/mol. The number of nitrogens with one attached hydrogen (secondary N) is 1. The number of thioether (sulfide) groups is 1. The Kier molecular flexibility index (Phi) is 4.87. The molecule has 1 N–H and O–H groups in total. The van der Waals surface area contributed by atoms with Gasteiger partial charge in [0, 0.05) is 17.7 Å². The van der Waals surface area contributed by atoms with E-state index in [1.165, 1.54) is 11.8 Å². The van der Waals surface area contributed by atoms with Crippen molar-refractivity contribution in [2.75, 3.05) is 12.5 Å². The van der Waals surface area contributed by atoms with Gasteiger partial charge in [0.05, 0.1) is 16.0 Å². The first kappa shape index (κ1) is 19.2. The van der Waals surface area contributed by atoms with Crippen LogP contribution in [0.4, 0.5) is 13.2 Å². The van der Waals surface area contributed by atoms with Crippen LogP contribution < -0.4 is 5.48 Å². The maximum Gasteiger partial charge on any atom is 0.416 e. The van der Waals surface area contributed by atoms with Gasteiger partial charge in [-0.25, -0.2) is 8.42 Å². The number of rotatable bonds is 5. The zero-order chi connectivity index (χ0) is 19.3. The van der Waals surface area contributed by atoms with Crippen LogP contribution >= 0.6 is 11.8 Å². The maximum atomic E-state index is 13.0. The summed E-state index contributed by atoms with van der Waals surface area (Å²) in [5.74, 6) is -0.307. The van der Waals surface area contributed by atoms with Crippen LogP contribution in [0.25, 0.3) is 0 Å². The zero-order valence-electron chi connectivity index (χ0n) is 13.9. The minimum absolute atomic E-state index is 0.0149. The Morgan fingerprint density at radius 2 is 1.96 bits per heavy atom. The molecule has 1 aromatic rings. The quantitative estimate of drug-likeness (QED) is 0.808. The fraction of sp³-hybridized carbons (Fsp3) is 0.438. The van der Waals surface area contributed by atoms with Gasteiger partial charge in [0.15, 0.2) is 15.6 Å². The fourth-order valence-electron chi connectivity index (χ4n) is 2.77. The van der Waals surface area contributed by atoms with Crippen molar-refractivity contribution < 1.29 is 31.2 Å². The molecule has 26 heavy (non-hydrogen) atoms. The van der Waals surface area contributed by atoms with E-state index in [0.29, 0.717) is 11.1 Å². The van der Waals surface area contributed by atoms with Crippen LogP contribution in [-0.4, -0.2) is 26.7 Å². The first-order chi connectivity index (χ1) is 12.0. The van der Waals surface area contributed by atoms with E-state index < -0.39 is 32.6 Å². The number of ketones is 1. The Hall–Kier alpha value is -1.52. The van der Waals surface area contributed by atoms with Gasteiger partial charge in [-0.15, -0.1) is 11.8 Å². The van der Waals surface area contributed by atoms with Crippen molar-refractivity contribution in [1.82, 2.24) is 5.48 Å². The minimum atomic E-state index is -4.68. The van der Waals surface area contributed by atoms with E-state index in [-0.39, 0.29) is 22.8 Å². The smallest absolute Gasteiger partial charge is 0.294 e. The molecule has 1 unspecified atom stereocenters. The van der Waals surface area contributed by atoms with Crippen molar-refractivity contribution in [2.45, 2.75) is 30.0 Å². The largest absolute Gasteiger partial charge is 0.416 e. The average molecular weight is 407 g/mol. The third-order valence-electron chi connectivity index (χ3n) is 4.22. The summed E-state index contributed by atoms with van der Waals surface area (Å²) in [6, 6.07) is 2.45. The first-order valence-electron chi connectivity index (χ1n) is 7.69. The van der Waals surface area contributed by atoms with Crippen LogP contribution in [-0.2, 0) is 25.6 Å². The van der Waals surface area contributed by atoms with Crippen LogP contribution in [0.3, 0.4) is 0 Å². The van der Waals surface area contributed by atoms with Crippen molar-refractivity contribution in [3.05, 3.63) is 39.9 Å². The van der Waals surface area contributed by atoms with E-state index in [0.717, 1.165) is 31.2 Å². The molecule has 1 aromatic carbocycles. The van der Waals surface area contributed by atoms with Gasteiger partial charge in [0.1, 0.15) is 11.1 Å². The summed E-state index contributed by atoms with van der Waals surface area (Å²) >= 11 is 1.23. The average Bonchev–Trinajstić information content (AvgIpc) is 3.31. The van der Waals surface area contributed by atoms with E-state index in [1.807, 2.05) is 0 Å². The molecule has 10 heteroatoms. The molecule has 1 fully saturated rings. The lowest BCUT2D eigenvalue weighted by molar-refractivity contribution is -0.137. The predicted octanol–water partition coefficient (Wildman–Crippen LogP) is 3.24. The number of carbonyl (C=O) groups excluding carboxylic acids is 1. The molecular weight excluding hydrogens is 391 g/mol. The van der Waals surface area contributed by atoms with Gasteiger partial charge >= 0.3 is 6.18 Å². The van der Waals surface area contributed by atoms with Crippen LogP contribution in [0.5, 0.6) is 0 Å². The van der Waals surface area contributed by atoms with Crippen molar-refractivity contribution in [3.8, 4) is 0 Å². The summed E-state index contributed by atoms with van der Waals surface area (Å²) in [6.45, 7) is 0. The van der Waals surface area contributed by atoms with Crippen molar-refractivity contribution in [3.63, 3.8) is 0 Å². The Morgan fingerprint density at radius 3 is 2.46 bits per heavy atom. The molecule has 1 atom stereocenters. The predicted molar refractivity (Wildman–Crippen MR) is 89.8 cm³/mol. The van der Waals surface area contributed by atoms with Gasteiger partial charge in [0.25, 0.3) is 0 Å². The number of benzene rings is 1. The number of carbonyl (C=O) groups is 1. The highest BCUT2D eigenvalue weighted by Crippen LogP contribution is 2.44. The SMILES string of the molecule is CSC1=C(C(=O)C2CC2)C(c2ccc(C(F)(F)F)cc2S(C)(=O)=O)ON1. The number of hydrogen-bond donors (Lipinski definition) is 1. The van der Waals surface area contributed by atoms with Gasteiger partial charge in [0.2, 0.25) is 0 Å². The summed E-state index contributed by atoms with van der Waals surface area (Å²) in [4.78, 5) is 17.5. The van der Waals surface area contributed by atoms with Gasteiger partial charge in [-0.2, -0.15) is 13.2 Å². The number of halogens is 3. The van der Waals surface area contributed by atoms with Crippen LogP contribution in [0.2, 0.25) is 0 Å². The van der Waals surface area contributed by atoms with E-state index in [4.69, 9.17) is 4.84 Å². The molecule has 142 valence electrons. The van der Waals surface area contributed by atoms with Gasteiger partial charge in [-0.05, 0) is 31.2 Å². The normalized spacial score (nSPS) is 21.0. The van der Waals surface area contributed by atoms with Crippen molar-refractivity contribution in [2.24, 2.45) is 5.92 Å². The molecule has 3 rings (SSSR count). The summed E-state index contributed by atoms with van der Waals surface area (Å²) < 4.78 is 63.2. The zero-order valence-corrected chi connectivity index (χ0v) is 15.5. The second kappa shape index (κ2) is 6.58. The number of Topliss-reactive ketones (excluding diaryl/α,β-unsaturated/α-hetero) is 1. The summed E-state index contributed by atoms with van der Waals surface area (Å²) in [5, 5.41) is 0.450. The van der Waals surface area contributed by atoms with E-state index in [9.17, 15) is 26.4 Å². The topological polar surface area (TPSA) is 72.5 Å². The Morgan fingerprint density at radius 1 is 1.31 bits per heavy atom. The number of hydrogen-bond acceptors (Lipinski definition) is 6. The highest BCUT2D eigenvalue weighted by Gasteiger charge is 2.42. The molecule has 0 bridgehead atoms. The Balaban J connectivity index is 2.13. The van der Waals surface area contributed by atoms with Gasteiger partial charge in [-0.3, -0.25) is 15.1 Å². The maximum absolute atomic E-state index is 13.0. The minimum Gasteiger partial charge on any atom is -0.294 e. The van der Waals surface area contributed by atoms with E-state index in [2.05, 4.69) is 5.48 Å². The lowest BCUT2D eigenvalue weighted by Gasteiger charge is -2.18. The van der Waals surface area contributed by atoms with E-state index in [1.54, 1.807) is 6.26 Å². The van der Waals surface area contributed by atoms with Crippen molar-refractivity contribution >= 4 is 27.4 Å². The highest BCUT2D eigenvalue weighted by atomic mass is 32.2. The third-order valence-corrected chi connectivity index (χ3v) is 6.08. The van der Waals surface area contributed by atoms with Crippen LogP contribution in [0.1, 0.15) is 30.1 Å². The molecule has 1 aliphatic heterocycles. The highest BCUT2D eigenvalue weighted by molar-refractivity contribution is 8.02. The first-order valence-corrected chi connectivity index (χ1v) is 10.8. The molecule has 0 spiro atoms. The van der Waals surface area contributed by atoms with Crippen LogP contribution in [0.15, 0.2) is 33.7 Å². The Labute approximate surface area is 152 Å². The summed E-state index contributed by atoms with van der Waals surface area (Å²) in [6.07, 6.45) is -1.73. The third kappa shape index (κ3) is 3.63. The number of hydroxylamine groups is 1. The molecule has 0 aromatic heterocycles. The molecular formula is C16H16F3NO4S2. The molecule has 0 saturated heterocycles. The second-order valence-electron chi connectivity index (χ2n) is 6.21. The van der Waals surface area contributed by atoms with Crippen molar-refractivity contribution in [1.29, 1.82) is 0 Å². The molecule has 0 amide bonds.